The Morgan fingerprint density at radius 2 is 1.73 bits per heavy atom. The van der Waals surface area contributed by atoms with E-state index in [1.165, 1.54) is 4.90 Å². The Morgan fingerprint density at radius 1 is 1.15 bits per heavy atom. The SMILES string of the molecule is CC(C)(C)OC(=O)N=C(N)c1ccc(C(=O)N2CCC3(CC2)CN(CC(=O)O)C(=O)O3)cc1. The van der Waals surface area contributed by atoms with Crippen LogP contribution >= 0.6 is 0 Å². The van der Waals surface area contributed by atoms with Crippen LogP contribution < -0.4 is 5.73 Å². The molecule has 2 aliphatic rings. The van der Waals surface area contributed by atoms with Crippen LogP contribution in [0.4, 0.5) is 9.59 Å². The second kappa shape index (κ2) is 9.08. The first-order valence-electron chi connectivity index (χ1n) is 10.5. The molecule has 0 unspecified atom stereocenters. The van der Waals surface area contributed by atoms with E-state index in [-0.39, 0.29) is 18.3 Å². The van der Waals surface area contributed by atoms with Gasteiger partial charge in [-0.05, 0) is 32.9 Å². The number of carbonyl (C=O) groups excluding carboxylic acids is 3. The number of amidine groups is 1. The van der Waals surface area contributed by atoms with Crippen molar-refractivity contribution in [1.29, 1.82) is 0 Å². The molecule has 0 radical (unpaired) electrons. The Bertz CT molecular complexity index is 973. The lowest BCUT2D eigenvalue weighted by Gasteiger charge is -2.37. The number of piperidine rings is 1. The van der Waals surface area contributed by atoms with Gasteiger partial charge in [-0.2, -0.15) is 4.99 Å². The van der Waals surface area contributed by atoms with Crippen LogP contribution in [-0.4, -0.2) is 82.2 Å². The minimum atomic E-state index is -1.10. The molecule has 0 bridgehead atoms. The van der Waals surface area contributed by atoms with Gasteiger partial charge in [0.25, 0.3) is 5.91 Å². The van der Waals surface area contributed by atoms with Crippen LogP contribution in [0.15, 0.2) is 29.3 Å². The monoisotopic (exact) mass is 460 g/mol. The molecule has 2 heterocycles. The summed E-state index contributed by atoms with van der Waals surface area (Å²) in [6, 6.07) is 6.40. The second-order valence-electron chi connectivity index (χ2n) is 9.15. The molecule has 3 amide bonds. The lowest BCUT2D eigenvalue weighted by Crippen LogP contribution is -2.49. The van der Waals surface area contributed by atoms with E-state index >= 15 is 0 Å². The number of aliphatic imine (C=N–C) groups is 1. The molecular weight excluding hydrogens is 432 g/mol. The quantitative estimate of drug-likeness (QED) is 0.510. The van der Waals surface area contributed by atoms with E-state index in [9.17, 15) is 19.2 Å². The van der Waals surface area contributed by atoms with Gasteiger partial charge in [-0.25, -0.2) is 9.59 Å². The fourth-order valence-electron chi connectivity index (χ4n) is 3.77. The normalized spacial score (nSPS) is 18.3. The molecule has 3 rings (SSSR count). The third-order valence-electron chi connectivity index (χ3n) is 5.36. The van der Waals surface area contributed by atoms with Crippen molar-refractivity contribution in [2.45, 2.75) is 44.8 Å². The molecule has 33 heavy (non-hydrogen) atoms. The van der Waals surface area contributed by atoms with Crippen LogP contribution in [0.2, 0.25) is 0 Å². The van der Waals surface area contributed by atoms with E-state index in [1.54, 1.807) is 49.9 Å². The maximum atomic E-state index is 12.9. The van der Waals surface area contributed by atoms with Crippen molar-refractivity contribution in [2.75, 3.05) is 26.2 Å². The Balaban J connectivity index is 1.59. The molecule has 1 aromatic rings. The smallest absolute Gasteiger partial charge is 0.436 e. The first-order valence-corrected chi connectivity index (χ1v) is 10.5. The zero-order valence-corrected chi connectivity index (χ0v) is 18.9. The molecule has 1 aromatic carbocycles. The van der Waals surface area contributed by atoms with Gasteiger partial charge in [0, 0.05) is 37.1 Å². The first kappa shape index (κ1) is 24.0. The minimum absolute atomic E-state index is 0.0165. The molecule has 2 aliphatic heterocycles. The largest absolute Gasteiger partial charge is 0.480 e. The van der Waals surface area contributed by atoms with Crippen molar-refractivity contribution in [3.63, 3.8) is 0 Å². The van der Waals surface area contributed by atoms with Crippen LogP contribution in [0.25, 0.3) is 0 Å². The second-order valence-corrected chi connectivity index (χ2v) is 9.15. The van der Waals surface area contributed by atoms with Crippen molar-refractivity contribution in [2.24, 2.45) is 10.7 Å². The molecule has 11 heteroatoms. The number of aliphatic carboxylic acids is 1. The number of hydrogen-bond acceptors (Lipinski definition) is 6. The summed E-state index contributed by atoms with van der Waals surface area (Å²) >= 11 is 0. The topological polar surface area (TPSA) is 152 Å². The van der Waals surface area contributed by atoms with Gasteiger partial charge in [0.1, 0.15) is 23.6 Å². The molecule has 11 nitrogen and oxygen atoms in total. The van der Waals surface area contributed by atoms with Crippen molar-refractivity contribution in [1.82, 2.24) is 9.80 Å². The minimum Gasteiger partial charge on any atom is -0.480 e. The fraction of sp³-hybridized carbons (Fsp3) is 0.500. The summed E-state index contributed by atoms with van der Waals surface area (Å²) in [5.41, 5.74) is 5.34. The van der Waals surface area contributed by atoms with E-state index in [4.69, 9.17) is 20.3 Å². The van der Waals surface area contributed by atoms with E-state index in [0.717, 1.165) is 0 Å². The van der Waals surface area contributed by atoms with Crippen molar-refractivity contribution in [3.05, 3.63) is 35.4 Å². The van der Waals surface area contributed by atoms with E-state index in [2.05, 4.69) is 4.99 Å². The number of hydrogen-bond donors (Lipinski definition) is 2. The highest BCUT2D eigenvalue weighted by Gasteiger charge is 2.48. The van der Waals surface area contributed by atoms with Gasteiger partial charge in [0.05, 0.1) is 6.54 Å². The van der Waals surface area contributed by atoms with E-state index in [0.29, 0.717) is 37.1 Å². The lowest BCUT2D eigenvalue weighted by molar-refractivity contribution is -0.137. The summed E-state index contributed by atoms with van der Waals surface area (Å²) in [4.78, 5) is 54.1. The molecule has 0 atom stereocenters. The van der Waals surface area contributed by atoms with Crippen LogP contribution in [-0.2, 0) is 14.3 Å². The zero-order chi connectivity index (χ0) is 24.4. The van der Waals surface area contributed by atoms with Gasteiger partial charge in [0.2, 0.25) is 0 Å². The third-order valence-corrected chi connectivity index (χ3v) is 5.36. The molecular formula is C22H28N4O7. The van der Waals surface area contributed by atoms with Crippen molar-refractivity contribution in [3.8, 4) is 0 Å². The van der Waals surface area contributed by atoms with Crippen LogP contribution in [0, 0.1) is 0 Å². The lowest BCUT2D eigenvalue weighted by atomic mass is 9.91. The number of nitrogens with zero attached hydrogens (tertiary/aromatic N) is 3. The van der Waals surface area contributed by atoms with E-state index in [1.807, 2.05) is 0 Å². The molecule has 0 aromatic heterocycles. The predicted molar refractivity (Wildman–Crippen MR) is 117 cm³/mol. The third kappa shape index (κ3) is 5.99. The summed E-state index contributed by atoms with van der Waals surface area (Å²) in [5, 5.41) is 8.92. The number of rotatable bonds is 4. The number of carbonyl (C=O) groups is 4. The number of nitrogens with two attached hydrogens (primary N) is 1. The van der Waals surface area contributed by atoms with Crippen LogP contribution in [0.5, 0.6) is 0 Å². The zero-order valence-electron chi connectivity index (χ0n) is 18.9. The Kier molecular flexibility index (Phi) is 6.61. The summed E-state index contributed by atoms with van der Waals surface area (Å²) < 4.78 is 10.6. The Morgan fingerprint density at radius 3 is 2.27 bits per heavy atom. The molecule has 2 saturated heterocycles. The fourth-order valence-corrected chi connectivity index (χ4v) is 3.77. The van der Waals surface area contributed by atoms with Gasteiger partial charge in [-0.15, -0.1) is 0 Å². The first-order chi connectivity index (χ1) is 15.4. The highest BCUT2D eigenvalue weighted by Crippen LogP contribution is 2.33. The number of carboxylic acids is 1. The number of ether oxygens (including phenoxy) is 2. The standard InChI is InChI=1S/C22H28N4O7/c1-21(2,3)32-19(30)24-17(23)14-4-6-15(7-5-14)18(29)25-10-8-22(9-11-25)13-26(12-16(27)28)20(31)33-22/h4-7H,8-13H2,1-3H3,(H,27,28)(H2,23,24,30). The number of carboxylic acid groups (broad SMARTS) is 1. The van der Waals surface area contributed by atoms with Gasteiger partial charge in [-0.3, -0.25) is 14.5 Å². The van der Waals surface area contributed by atoms with Crippen LogP contribution in [0.1, 0.15) is 49.5 Å². The van der Waals surface area contributed by atoms with Crippen LogP contribution in [0.3, 0.4) is 0 Å². The predicted octanol–water partition coefficient (Wildman–Crippen LogP) is 1.84. The highest BCUT2D eigenvalue weighted by atomic mass is 16.6. The maximum Gasteiger partial charge on any atom is 0.436 e. The van der Waals surface area contributed by atoms with Gasteiger partial charge < -0.3 is 25.2 Å². The average Bonchev–Trinajstić information content (AvgIpc) is 3.00. The molecule has 0 aliphatic carbocycles. The molecule has 3 N–H and O–H groups in total. The van der Waals surface area contributed by atoms with Crippen molar-refractivity contribution >= 4 is 29.9 Å². The average molecular weight is 460 g/mol. The molecule has 0 saturated carbocycles. The maximum absolute atomic E-state index is 12.9. The van der Waals surface area contributed by atoms with E-state index < -0.39 is 35.9 Å². The summed E-state index contributed by atoms with van der Waals surface area (Å²) in [5.74, 6) is -1.31. The van der Waals surface area contributed by atoms with Gasteiger partial charge in [-0.1, -0.05) is 12.1 Å². The molecule has 178 valence electrons. The molecule has 2 fully saturated rings. The highest BCUT2D eigenvalue weighted by molar-refractivity contribution is 6.03. The van der Waals surface area contributed by atoms with Crippen molar-refractivity contribution < 1.29 is 33.8 Å². The number of amides is 3. The summed E-state index contributed by atoms with van der Waals surface area (Å²) in [7, 11) is 0. The van der Waals surface area contributed by atoms with Gasteiger partial charge in [0.15, 0.2) is 0 Å². The Hall–Kier alpha value is -3.63. The summed E-state index contributed by atoms with van der Waals surface area (Å²) in [6.07, 6.45) is -0.585. The summed E-state index contributed by atoms with van der Waals surface area (Å²) in [6.45, 7) is 5.71. The van der Waals surface area contributed by atoms with Gasteiger partial charge >= 0.3 is 18.2 Å². The number of benzene rings is 1. The Labute approximate surface area is 191 Å². The molecule has 1 spiro atoms. The number of likely N-dealkylation sites (tertiary alicyclic amines) is 1.